The average Bonchev–Trinajstić information content (AvgIpc) is 3.10. The molecular formula is C16H23NO3. The van der Waals surface area contributed by atoms with E-state index >= 15 is 0 Å². The number of hydrogen-bond donors (Lipinski definition) is 0. The summed E-state index contributed by atoms with van der Waals surface area (Å²) in [6.45, 7) is 7.89. The maximum Gasteiger partial charge on any atom is 0.0947 e. The molecule has 1 aliphatic heterocycles. The van der Waals surface area contributed by atoms with E-state index in [1.54, 1.807) is 12.3 Å². The van der Waals surface area contributed by atoms with Crippen molar-refractivity contribution < 1.29 is 13.9 Å². The van der Waals surface area contributed by atoms with Crippen molar-refractivity contribution in [2.24, 2.45) is 5.92 Å². The molecule has 1 aromatic heterocycles. The normalized spacial score (nSPS) is 30.3. The summed E-state index contributed by atoms with van der Waals surface area (Å²) in [5.41, 5.74) is 1.25. The largest absolute Gasteiger partial charge is 0.472 e. The number of ether oxygens (including phenoxy) is 2. The molecule has 1 saturated carbocycles. The van der Waals surface area contributed by atoms with Gasteiger partial charge in [0.25, 0.3) is 0 Å². The average molecular weight is 277 g/mol. The predicted octanol–water partition coefficient (Wildman–Crippen LogP) is 2.46. The van der Waals surface area contributed by atoms with Gasteiger partial charge in [-0.2, -0.15) is 0 Å². The summed E-state index contributed by atoms with van der Waals surface area (Å²) >= 11 is 0. The van der Waals surface area contributed by atoms with Crippen molar-refractivity contribution in [3.63, 3.8) is 0 Å². The number of rotatable bonds is 6. The number of furan rings is 1. The molecule has 1 aromatic rings. The fourth-order valence-corrected chi connectivity index (χ4v) is 3.43. The predicted molar refractivity (Wildman–Crippen MR) is 76.4 cm³/mol. The monoisotopic (exact) mass is 277 g/mol. The van der Waals surface area contributed by atoms with Gasteiger partial charge in [-0.05, 0) is 18.9 Å². The highest BCUT2D eigenvalue weighted by Crippen LogP contribution is 2.35. The molecule has 0 N–H and O–H groups in total. The first-order chi connectivity index (χ1) is 9.88. The van der Waals surface area contributed by atoms with E-state index < -0.39 is 0 Å². The van der Waals surface area contributed by atoms with E-state index in [1.807, 2.05) is 12.3 Å². The summed E-state index contributed by atoms with van der Waals surface area (Å²) in [6, 6.07) is 2.57. The lowest BCUT2D eigenvalue weighted by atomic mass is 10.0. The van der Waals surface area contributed by atoms with E-state index in [0.717, 1.165) is 26.3 Å². The summed E-state index contributed by atoms with van der Waals surface area (Å²) in [5, 5.41) is 0. The lowest BCUT2D eigenvalue weighted by Gasteiger charge is -2.39. The third-order valence-electron chi connectivity index (χ3n) is 4.37. The van der Waals surface area contributed by atoms with Crippen molar-refractivity contribution in [1.82, 2.24) is 4.90 Å². The van der Waals surface area contributed by atoms with Crippen LogP contribution in [0.25, 0.3) is 0 Å². The molecule has 0 unspecified atom stereocenters. The molecule has 2 heterocycles. The van der Waals surface area contributed by atoms with Gasteiger partial charge in [0.05, 0.1) is 38.5 Å². The van der Waals surface area contributed by atoms with E-state index in [4.69, 9.17) is 13.9 Å². The second-order valence-corrected chi connectivity index (χ2v) is 5.67. The molecule has 0 radical (unpaired) electrons. The number of hydrogen-bond acceptors (Lipinski definition) is 4. The SMILES string of the molecule is C=CCOC[C@@H]1CC[C@H]2[C@H]1OCCN2Cc1ccoc1. The van der Waals surface area contributed by atoms with Crippen molar-refractivity contribution in [1.29, 1.82) is 0 Å². The van der Waals surface area contributed by atoms with Crippen LogP contribution in [0, 0.1) is 5.92 Å². The number of fused-ring (bicyclic) bond motifs is 1. The van der Waals surface area contributed by atoms with E-state index in [9.17, 15) is 0 Å². The molecule has 0 spiro atoms. The van der Waals surface area contributed by atoms with Crippen LogP contribution in [0.15, 0.2) is 35.7 Å². The summed E-state index contributed by atoms with van der Waals surface area (Å²) in [5.74, 6) is 0.520. The van der Waals surface area contributed by atoms with Crippen LogP contribution in [0.4, 0.5) is 0 Å². The van der Waals surface area contributed by atoms with Crippen molar-refractivity contribution in [3.05, 3.63) is 36.8 Å². The molecule has 0 aromatic carbocycles. The smallest absolute Gasteiger partial charge is 0.0947 e. The Hall–Kier alpha value is -1.10. The van der Waals surface area contributed by atoms with Gasteiger partial charge in [0.1, 0.15) is 0 Å². The molecular weight excluding hydrogens is 254 g/mol. The molecule has 2 fully saturated rings. The Morgan fingerprint density at radius 1 is 1.45 bits per heavy atom. The van der Waals surface area contributed by atoms with Crippen molar-refractivity contribution in [3.8, 4) is 0 Å². The molecule has 4 nitrogen and oxygen atoms in total. The molecule has 3 atom stereocenters. The second kappa shape index (κ2) is 6.57. The van der Waals surface area contributed by atoms with Crippen LogP contribution in [-0.4, -0.2) is 43.4 Å². The Morgan fingerprint density at radius 3 is 3.20 bits per heavy atom. The van der Waals surface area contributed by atoms with Gasteiger partial charge in [-0.1, -0.05) is 6.08 Å². The van der Waals surface area contributed by atoms with Gasteiger partial charge < -0.3 is 13.9 Å². The third kappa shape index (κ3) is 2.97. The Labute approximate surface area is 120 Å². The maximum absolute atomic E-state index is 6.02. The Bertz CT molecular complexity index is 417. The van der Waals surface area contributed by atoms with Gasteiger partial charge in [-0.3, -0.25) is 4.90 Å². The van der Waals surface area contributed by atoms with Gasteiger partial charge in [0, 0.05) is 30.6 Å². The molecule has 2 aliphatic rings. The Morgan fingerprint density at radius 2 is 2.40 bits per heavy atom. The van der Waals surface area contributed by atoms with Crippen molar-refractivity contribution in [2.45, 2.75) is 31.5 Å². The zero-order chi connectivity index (χ0) is 13.8. The van der Waals surface area contributed by atoms with Crippen LogP contribution in [0.1, 0.15) is 18.4 Å². The fourth-order valence-electron chi connectivity index (χ4n) is 3.43. The molecule has 20 heavy (non-hydrogen) atoms. The standard InChI is InChI=1S/C16H23NO3/c1-2-7-18-12-14-3-4-15-16(14)20-9-6-17(15)10-13-5-8-19-11-13/h2,5,8,11,14-16H,1,3-4,6-7,9-10,12H2/t14-,15-,16-/m0/s1. The molecule has 110 valence electrons. The highest BCUT2D eigenvalue weighted by molar-refractivity contribution is 5.07. The second-order valence-electron chi connectivity index (χ2n) is 5.67. The molecule has 0 amide bonds. The van der Waals surface area contributed by atoms with E-state index in [-0.39, 0.29) is 0 Å². The first-order valence-corrected chi connectivity index (χ1v) is 7.44. The lowest BCUT2D eigenvalue weighted by Crippen LogP contribution is -2.50. The zero-order valence-electron chi connectivity index (χ0n) is 11.9. The summed E-state index contributed by atoms with van der Waals surface area (Å²) in [6.07, 6.45) is 8.09. The van der Waals surface area contributed by atoms with Crippen LogP contribution >= 0.6 is 0 Å². The third-order valence-corrected chi connectivity index (χ3v) is 4.37. The highest BCUT2D eigenvalue weighted by atomic mass is 16.5. The zero-order valence-corrected chi connectivity index (χ0v) is 11.9. The Kier molecular flexibility index (Phi) is 4.55. The molecule has 1 saturated heterocycles. The topological polar surface area (TPSA) is 34.8 Å². The quantitative estimate of drug-likeness (QED) is 0.591. The van der Waals surface area contributed by atoms with Gasteiger partial charge in [-0.15, -0.1) is 6.58 Å². The number of nitrogens with zero attached hydrogens (tertiary/aromatic N) is 1. The van der Waals surface area contributed by atoms with Crippen LogP contribution in [-0.2, 0) is 16.0 Å². The van der Waals surface area contributed by atoms with Crippen LogP contribution < -0.4 is 0 Å². The minimum absolute atomic E-state index is 0.320. The summed E-state index contributed by atoms with van der Waals surface area (Å²) in [4.78, 5) is 2.53. The maximum atomic E-state index is 6.02. The molecule has 0 bridgehead atoms. The summed E-state index contributed by atoms with van der Waals surface area (Å²) < 4.78 is 16.8. The lowest BCUT2D eigenvalue weighted by molar-refractivity contribution is -0.0869. The van der Waals surface area contributed by atoms with Crippen LogP contribution in [0.5, 0.6) is 0 Å². The molecule has 3 rings (SSSR count). The fraction of sp³-hybridized carbons (Fsp3) is 0.625. The molecule has 1 aliphatic carbocycles. The minimum atomic E-state index is 0.320. The van der Waals surface area contributed by atoms with Gasteiger partial charge in [0.2, 0.25) is 0 Å². The van der Waals surface area contributed by atoms with Gasteiger partial charge in [0.15, 0.2) is 0 Å². The van der Waals surface area contributed by atoms with Crippen molar-refractivity contribution >= 4 is 0 Å². The van der Waals surface area contributed by atoms with Crippen LogP contribution in [0.2, 0.25) is 0 Å². The number of morpholine rings is 1. The van der Waals surface area contributed by atoms with Crippen LogP contribution in [0.3, 0.4) is 0 Å². The summed E-state index contributed by atoms with van der Waals surface area (Å²) in [7, 11) is 0. The Balaban J connectivity index is 1.58. The van der Waals surface area contributed by atoms with E-state index in [0.29, 0.717) is 24.7 Å². The minimum Gasteiger partial charge on any atom is -0.472 e. The highest BCUT2D eigenvalue weighted by Gasteiger charge is 2.42. The van der Waals surface area contributed by atoms with Gasteiger partial charge in [-0.25, -0.2) is 0 Å². The van der Waals surface area contributed by atoms with E-state index in [2.05, 4.69) is 11.5 Å². The molecule has 4 heteroatoms. The van der Waals surface area contributed by atoms with E-state index in [1.165, 1.54) is 18.4 Å². The van der Waals surface area contributed by atoms with Crippen molar-refractivity contribution in [2.75, 3.05) is 26.4 Å². The van der Waals surface area contributed by atoms with Gasteiger partial charge >= 0.3 is 0 Å². The first-order valence-electron chi connectivity index (χ1n) is 7.44. The first kappa shape index (κ1) is 13.9.